The molecule has 9 heteroatoms. The number of sulfone groups is 1. The largest absolute Gasteiger partial charge is 0.354 e. The molecule has 0 amide bonds. The van der Waals surface area contributed by atoms with Crippen LogP contribution in [0.4, 0.5) is 0 Å². The number of rotatable bonds is 5. The number of piperidine rings is 1. The first kappa shape index (κ1) is 21.8. The van der Waals surface area contributed by atoms with Crippen molar-refractivity contribution in [2.24, 2.45) is 0 Å². The molecule has 2 aromatic heterocycles. The molecule has 3 heterocycles. The van der Waals surface area contributed by atoms with Gasteiger partial charge in [0.05, 0.1) is 33.3 Å². The minimum absolute atomic E-state index is 0.323. The van der Waals surface area contributed by atoms with E-state index in [0.29, 0.717) is 45.7 Å². The lowest BCUT2D eigenvalue weighted by atomic mass is 10.1. The Morgan fingerprint density at radius 2 is 1.79 bits per heavy atom. The van der Waals surface area contributed by atoms with E-state index in [-0.39, 0.29) is 5.25 Å². The van der Waals surface area contributed by atoms with Crippen molar-refractivity contribution in [1.29, 1.82) is 0 Å². The van der Waals surface area contributed by atoms with Crippen LogP contribution in [0, 0.1) is 0 Å². The number of benzene rings is 2. The number of nitrogens with one attached hydrogen (secondary N) is 1. The van der Waals surface area contributed by atoms with Gasteiger partial charge in [-0.2, -0.15) is 0 Å². The second-order valence-electron chi connectivity index (χ2n) is 7.88. The Kier molecular flexibility index (Phi) is 5.97. The van der Waals surface area contributed by atoms with E-state index in [1.165, 1.54) is 0 Å². The molecule has 1 unspecified atom stereocenters. The molecule has 1 aliphatic heterocycles. The first-order valence-corrected chi connectivity index (χ1v) is 12.5. The van der Waals surface area contributed by atoms with Gasteiger partial charge < -0.3 is 9.84 Å². The van der Waals surface area contributed by atoms with Crippen LogP contribution in [-0.2, 0) is 9.84 Å². The quantitative estimate of drug-likeness (QED) is 0.444. The zero-order valence-electron chi connectivity index (χ0n) is 17.6. The van der Waals surface area contributed by atoms with Crippen molar-refractivity contribution in [3.63, 3.8) is 0 Å². The van der Waals surface area contributed by atoms with Crippen LogP contribution in [0.2, 0.25) is 5.02 Å². The molecule has 7 nitrogen and oxygen atoms in total. The van der Waals surface area contributed by atoms with Gasteiger partial charge in [-0.3, -0.25) is 4.98 Å². The van der Waals surface area contributed by atoms with Crippen LogP contribution in [0.15, 0.2) is 76.4 Å². The normalized spacial score (nSPS) is 16.6. The van der Waals surface area contributed by atoms with Crippen molar-refractivity contribution >= 4 is 21.4 Å². The van der Waals surface area contributed by atoms with Crippen LogP contribution in [0.5, 0.6) is 0 Å². The van der Waals surface area contributed by atoms with E-state index < -0.39 is 9.84 Å². The van der Waals surface area contributed by atoms with Gasteiger partial charge in [-0.25, -0.2) is 13.4 Å². The highest BCUT2D eigenvalue weighted by molar-refractivity contribution is 7.92. The molecule has 5 rings (SSSR count). The Morgan fingerprint density at radius 3 is 2.55 bits per heavy atom. The van der Waals surface area contributed by atoms with Gasteiger partial charge in [0.2, 0.25) is 0 Å². The lowest BCUT2D eigenvalue weighted by Crippen LogP contribution is -2.38. The summed E-state index contributed by atoms with van der Waals surface area (Å²) >= 11 is 6.26. The van der Waals surface area contributed by atoms with Gasteiger partial charge in [-0.15, -0.1) is 0 Å². The van der Waals surface area contributed by atoms with Crippen LogP contribution in [0.1, 0.15) is 12.8 Å². The van der Waals surface area contributed by atoms with E-state index in [2.05, 4.69) is 20.4 Å². The number of hydrogen-bond acceptors (Lipinski definition) is 7. The first-order valence-electron chi connectivity index (χ1n) is 10.6. The lowest BCUT2D eigenvalue weighted by molar-refractivity contribution is 0.433. The van der Waals surface area contributed by atoms with E-state index in [1.54, 1.807) is 48.8 Å². The monoisotopic (exact) mass is 480 g/mol. The Balaban J connectivity index is 1.40. The Morgan fingerprint density at radius 1 is 1.00 bits per heavy atom. The summed E-state index contributed by atoms with van der Waals surface area (Å²) < 4.78 is 31.3. The Hall–Kier alpha value is -3.07. The molecule has 1 atom stereocenters. The third kappa shape index (κ3) is 4.42. The van der Waals surface area contributed by atoms with Gasteiger partial charge in [-0.05, 0) is 37.6 Å². The molecule has 33 heavy (non-hydrogen) atoms. The maximum absolute atomic E-state index is 12.9. The molecule has 1 aliphatic rings. The highest BCUT2D eigenvalue weighted by atomic mass is 35.5. The van der Waals surface area contributed by atoms with Crippen LogP contribution >= 0.6 is 11.6 Å². The molecule has 1 saturated heterocycles. The van der Waals surface area contributed by atoms with E-state index in [4.69, 9.17) is 16.1 Å². The molecule has 2 aromatic carbocycles. The van der Waals surface area contributed by atoms with E-state index in [0.717, 1.165) is 24.1 Å². The summed E-state index contributed by atoms with van der Waals surface area (Å²) in [6.45, 7) is 1.36. The summed E-state index contributed by atoms with van der Waals surface area (Å²) in [6, 6.07) is 15.9. The van der Waals surface area contributed by atoms with Gasteiger partial charge in [0.1, 0.15) is 11.4 Å². The van der Waals surface area contributed by atoms with Gasteiger partial charge in [0.15, 0.2) is 15.6 Å². The van der Waals surface area contributed by atoms with Gasteiger partial charge in [-0.1, -0.05) is 47.1 Å². The molecular weight excluding hydrogens is 460 g/mol. The molecule has 1 fully saturated rings. The highest BCUT2D eigenvalue weighted by Gasteiger charge is 2.28. The molecular formula is C24H21ClN4O3S. The maximum atomic E-state index is 12.9. The van der Waals surface area contributed by atoms with Gasteiger partial charge in [0.25, 0.3) is 0 Å². The molecule has 0 radical (unpaired) electrons. The minimum atomic E-state index is -3.37. The van der Waals surface area contributed by atoms with Crippen molar-refractivity contribution in [2.75, 3.05) is 13.1 Å². The lowest BCUT2D eigenvalue weighted by Gasteiger charge is -2.22. The second kappa shape index (κ2) is 9.05. The fourth-order valence-electron chi connectivity index (χ4n) is 3.91. The first-order chi connectivity index (χ1) is 16.0. The van der Waals surface area contributed by atoms with Crippen molar-refractivity contribution in [3.05, 3.63) is 72.0 Å². The van der Waals surface area contributed by atoms with Crippen molar-refractivity contribution in [1.82, 2.24) is 20.4 Å². The Labute approximate surface area is 196 Å². The van der Waals surface area contributed by atoms with Crippen LogP contribution in [0.25, 0.3) is 34.0 Å². The van der Waals surface area contributed by atoms with Crippen molar-refractivity contribution in [2.45, 2.75) is 23.0 Å². The summed E-state index contributed by atoms with van der Waals surface area (Å²) in [7, 11) is -3.37. The van der Waals surface area contributed by atoms with Crippen molar-refractivity contribution < 1.29 is 12.9 Å². The molecule has 168 valence electrons. The smallest absolute Gasteiger partial charge is 0.187 e. The SMILES string of the molecule is O=S(=O)(c1ccc(-c2cncc(-c3cc(-c4ccccc4Cl)no3)n2)cc1)C1CCCNC1. The summed E-state index contributed by atoms with van der Waals surface area (Å²) in [5, 5.41) is 7.47. The fraction of sp³-hybridized carbons (Fsp3) is 0.208. The number of halogens is 1. The number of aromatic nitrogens is 3. The topological polar surface area (TPSA) is 98.0 Å². The molecule has 0 spiro atoms. The van der Waals surface area contributed by atoms with Crippen LogP contribution in [0.3, 0.4) is 0 Å². The zero-order chi connectivity index (χ0) is 22.8. The average molecular weight is 481 g/mol. The molecule has 0 aliphatic carbocycles. The average Bonchev–Trinajstić information content (AvgIpc) is 3.35. The molecule has 0 saturated carbocycles. The summed E-state index contributed by atoms with van der Waals surface area (Å²) in [5.74, 6) is 0.461. The van der Waals surface area contributed by atoms with E-state index in [1.807, 2.05) is 18.2 Å². The second-order valence-corrected chi connectivity index (χ2v) is 10.5. The van der Waals surface area contributed by atoms with Crippen molar-refractivity contribution in [3.8, 4) is 34.0 Å². The van der Waals surface area contributed by atoms with Crippen LogP contribution < -0.4 is 5.32 Å². The van der Waals surface area contributed by atoms with E-state index >= 15 is 0 Å². The maximum Gasteiger partial charge on any atom is 0.187 e. The summed E-state index contributed by atoms with van der Waals surface area (Å²) in [6.07, 6.45) is 4.76. The summed E-state index contributed by atoms with van der Waals surface area (Å²) in [5.41, 5.74) is 3.25. The fourth-order valence-corrected chi connectivity index (χ4v) is 5.86. The third-order valence-corrected chi connectivity index (χ3v) is 8.25. The Bertz CT molecular complexity index is 1380. The highest BCUT2D eigenvalue weighted by Crippen LogP contribution is 2.30. The predicted molar refractivity (Wildman–Crippen MR) is 126 cm³/mol. The molecule has 4 aromatic rings. The van der Waals surface area contributed by atoms with Gasteiger partial charge >= 0.3 is 0 Å². The predicted octanol–water partition coefficient (Wildman–Crippen LogP) is 4.64. The van der Waals surface area contributed by atoms with E-state index in [9.17, 15) is 8.42 Å². The standard InChI is InChI=1S/C24H21ClN4O3S/c25-20-6-2-1-5-19(20)21-12-24(32-29-21)23-15-27-14-22(28-23)16-7-9-17(10-8-16)33(30,31)18-4-3-11-26-13-18/h1-2,5-10,12,14-15,18,26H,3-4,11,13H2. The third-order valence-electron chi connectivity index (χ3n) is 5.72. The molecule has 1 N–H and O–H groups in total. The number of nitrogens with zero attached hydrogens (tertiary/aromatic N) is 3. The summed E-state index contributed by atoms with van der Waals surface area (Å²) in [4.78, 5) is 9.24. The molecule has 0 bridgehead atoms. The number of hydrogen-bond donors (Lipinski definition) is 1. The van der Waals surface area contributed by atoms with Crippen LogP contribution in [-0.4, -0.2) is 41.9 Å². The minimum Gasteiger partial charge on any atom is -0.354 e. The van der Waals surface area contributed by atoms with Gasteiger partial charge in [0, 0.05) is 23.7 Å². The zero-order valence-corrected chi connectivity index (χ0v) is 19.2.